The van der Waals surface area contributed by atoms with Gasteiger partial charge in [0.25, 0.3) is 0 Å². The second-order valence-electron chi connectivity index (χ2n) is 6.36. The Morgan fingerprint density at radius 3 is 2.50 bits per heavy atom. The van der Waals surface area contributed by atoms with Crippen LogP contribution in [0.15, 0.2) is 48.5 Å². The van der Waals surface area contributed by atoms with Gasteiger partial charge in [-0.25, -0.2) is 4.98 Å². The highest BCUT2D eigenvalue weighted by Crippen LogP contribution is 2.29. The average molecular weight is 392 g/mol. The van der Waals surface area contributed by atoms with Crippen LogP contribution >= 0.6 is 0 Å². The molecular weight excluding hydrogens is 373 g/mol. The number of benzene rings is 2. The van der Waals surface area contributed by atoms with Gasteiger partial charge in [-0.1, -0.05) is 12.1 Å². The number of anilines is 2. The second-order valence-corrected chi connectivity index (χ2v) is 6.36. The Hall–Kier alpha value is -3.07. The third-order valence-electron chi connectivity index (χ3n) is 4.01. The number of aliphatic hydroxyl groups is 1. The lowest BCUT2D eigenvalue weighted by molar-refractivity contribution is -0.137. The maximum Gasteiger partial charge on any atom is 0.416 e. The summed E-state index contributed by atoms with van der Waals surface area (Å²) in [5.41, 5.74) is 0.882. The molecule has 0 fully saturated rings. The summed E-state index contributed by atoms with van der Waals surface area (Å²) in [6.45, 7) is 1.78. The molecule has 3 N–H and O–H groups in total. The van der Waals surface area contributed by atoms with Crippen molar-refractivity contribution in [2.75, 3.05) is 17.2 Å². The van der Waals surface area contributed by atoms with E-state index in [1.807, 2.05) is 12.1 Å². The van der Waals surface area contributed by atoms with Crippen LogP contribution in [0.1, 0.15) is 12.5 Å². The number of hydrogen-bond acceptors (Lipinski definition) is 4. The lowest BCUT2D eigenvalue weighted by Gasteiger charge is -2.13. The predicted molar refractivity (Wildman–Crippen MR) is 100.0 cm³/mol. The van der Waals surface area contributed by atoms with Crippen molar-refractivity contribution in [2.24, 2.45) is 0 Å². The summed E-state index contributed by atoms with van der Waals surface area (Å²) in [4.78, 5) is 16.9. The highest BCUT2D eigenvalue weighted by atomic mass is 19.4. The first-order chi connectivity index (χ1) is 13.2. The van der Waals surface area contributed by atoms with Gasteiger partial charge in [-0.2, -0.15) is 13.2 Å². The van der Waals surface area contributed by atoms with Gasteiger partial charge >= 0.3 is 6.18 Å². The Kier molecular flexibility index (Phi) is 5.55. The van der Waals surface area contributed by atoms with Gasteiger partial charge in [-0.3, -0.25) is 4.79 Å². The summed E-state index contributed by atoms with van der Waals surface area (Å²) in [7, 11) is 0. The van der Waals surface area contributed by atoms with Crippen LogP contribution in [0.2, 0.25) is 0 Å². The molecule has 0 aliphatic carbocycles. The first-order valence-electron chi connectivity index (χ1n) is 8.58. The molecule has 6 nitrogen and oxygen atoms in total. The number of fused-ring (bicyclic) bond motifs is 1. The van der Waals surface area contributed by atoms with Crippen LogP contribution in [0.4, 0.5) is 24.8 Å². The topological polar surface area (TPSA) is 79.2 Å². The number of carbonyl (C=O) groups excluding carboxylic acids is 1. The number of alkyl halides is 3. The van der Waals surface area contributed by atoms with Gasteiger partial charge in [0.2, 0.25) is 11.9 Å². The van der Waals surface area contributed by atoms with Crippen LogP contribution in [0.25, 0.3) is 11.0 Å². The van der Waals surface area contributed by atoms with Gasteiger partial charge in [-0.15, -0.1) is 0 Å². The second kappa shape index (κ2) is 7.89. The van der Waals surface area contributed by atoms with Crippen LogP contribution in [0, 0.1) is 0 Å². The molecule has 1 aromatic heterocycles. The fraction of sp³-hybridized carbons (Fsp3) is 0.263. The number of aromatic nitrogens is 2. The number of hydrogen-bond donors (Lipinski definition) is 3. The molecule has 9 heteroatoms. The fourth-order valence-electron chi connectivity index (χ4n) is 2.70. The van der Waals surface area contributed by atoms with Crippen molar-refractivity contribution in [1.82, 2.24) is 9.55 Å². The number of amides is 1. The molecule has 0 aliphatic rings. The molecule has 0 aliphatic heterocycles. The van der Waals surface area contributed by atoms with Gasteiger partial charge in [0, 0.05) is 12.2 Å². The molecular formula is C19H19F3N4O2. The SMILES string of the molecule is CC(O)CNc1nc2ccccc2n1CC(=O)Nc1ccc(C(F)(F)F)cc1. The molecule has 0 radical (unpaired) electrons. The number of rotatable bonds is 6. The largest absolute Gasteiger partial charge is 0.416 e. The van der Waals surface area contributed by atoms with Crippen molar-refractivity contribution in [2.45, 2.75) is 25.7 Å². The molecule has 148 valence electrons. The maximum atomic E-state index is 12.6. The van der Waals surface area contributed by atoms with E-state index in [1.54, 1.807) is 23.6 Å². The Morgan fingerprint density at radius 2 is 1.86 bits per heavy atom. The van der Waals surface area contributed by atoms with Crippen LogP contribution < -0.4 is 10.6 Å². The van der Waals surface area contributed by atoms with Crippen LogP contribution in [-0.2, 0) is 17.5 Å². The van der Waals surface area contributed by atoms with E-state index in [2.05, 4.69) is 15.6 Å². The van der Waals surface area contributed by atoms with E-state index in [1.165, 1.54) is 12.1 Å². The molecule has 3 rings (SSSR count). The van der Waals surface area contributed by atoms with Crippen LogP contribution in [0.5, 0.6) is 0 Å². The molecule has 0 spiro atoms. The molecule has 1 atom stereocenters. The van der Waals surface area contributed by atoms with Crippen molar-refractivity contribution < 1.29 is 23.1 Å². The first-order valence-corrected chi connectivity index (χ1v) is 8.58. The normalized spacial score (nSPS) is 12.8. The summed E-state index contributed by atoms with van der Waals surface area (Å²) >= 11 is 0. The first kappa shape index (κ1) is 19.7. The molecule has 0 saturated heterocycles. The molecule has 1 heterocycles. The Morgan fingerprint density at radius 1 is 1.18 bits per heavy atom. The summed E-state index contributed by atoms with van der Waals surface area (Å²) in [5.74, 6) is 0.00711. The Labute approximate surface area is 159 Å². The monoisotopic (exact) mass is 392 g/mol. The van der Waals surface area contributed by atoms with Gasteiger partial charge in [-0.05, 0) is 43.3 Å². The van der Waals surface area contributed by atoms with E-state index in [0.29, 0.717) is 11.5 Å². The van der Waals surface area contributed by atoms with Crippen LogP contribution in [0.3, 0.4) is 0 Å². The smallest absolute Gasteiger partial charge is 0.392 e. The highest BCUT2D eigenvalue weighted by molar-refractivity contribution is 5.92. The zero-order valence-corrected chi connectivity index (χ0v) is 15.0. The van der Waals surface area contributed by atoms with Gasteiger partial charge < -0.3 is 20.3 Å². The third-order valence-corrected chi connectivity index (χ3v) is 4.01. The third kappa shape index (κ3) is 4.61. The Balaban J connectivity index is 1.77. The van der Waals surface area contributed by atoms with Crippen molar-refractivity contribution in [3.05, 3.63) is 54.1 Å². The zero-order chi connectivity index (χ0) is 20.3. The number of halogens is 3. The lowest BCUT2D eigenvalue weighted by atomic mass is 10.2. The van der Waals surface area contributed by atoms with E-state index < -0.39 is 23.8 Å². The van der Waals surface area contributed by atoms with E-state index in [4.69, 9.17) is 0 Å². The number of carbonyl (C=O) groups is 1. The van der Waals surface area contributed by atoms with Crippen molar-refractivity contribution in [3.8, 4) is 0 Å². The van der Waals surface area contributed by atoms with E-state index in [9.17, 15) is 23.1 Å². The van der Waals surface area contributed by atoms with Gasteiger partial charge in [0.05, 0.1) is 22.7 Å². The summed E-state index contributed by atoms with van der Waals surface area (Å²) in [6.07, 6.45) is -5.03. The number of para-hydroxylation sites is 2. The summed E-state index contributed by atoms with van der Waals surface area (Å²) in [5, 5.41) is 15.1. The van der Waals surface area contributed by atoms with Gasteiger partial charge in [0.1, 0.15) is 6.54 Å². The number of imidazole rings is 1. The summed E-state index contributed by atoms with van der Waals surface area (Å²) < 4.78 is 39.6. The molecule has 2 aromatic carbocycles. The number of aliphatic hydroxyl groups excluding tert-OH is 1. The summed E-state index contributed by atoms with van der Waals surface area (Å²) in [6, 6.07) is 11.5. The molecule has 3 aromatic rings. The molecule has 0 bridgehead atoms. The predicted octanol–water partition coefficient (Wildman–Crippen LogP) is 3.49. The van der Waals surface area contributed by atoms with E-state index in [-0.39, 0.29) is 18.8 Å². The highest BCUT2D eigenvalue weighted by Gasteiger charge is 2.30. The quantitative estimate of drug-likeness (QED) is 0.600. The number of nitrogens with zero attached hydrogens (tertiary/aromatic N) is 2. The molecule has 1 amide bonds. The van der Waals surface area contributed by atoms with Crippen molar-refractivity contribution >= 4 is 28.6 Å². The maximum absolute atomic E-state index is 12.6. The minimum atomic E-state index is -4.43. The molecule has 28 heavy (non-hydrogen) atoms. The minimum Gasteiger partial charge on any atom is -0.392 e. The van der Waals surface area contributed by atoms with Gasteiger partial charge in [0.15, 0.2) is 0 Å². The lowest BCUT2D eigenvalue weighted by Crippen LogP contribution is -2.22. The van der Waals surface area contributed by atoms with E-state index >= 15 is 0 Å². The molecule has 0 saturated carbocycles. The number of nitrogens with one attached hydrogen (secondary N) is 2. The minimum absolute atomic E-state index is 0.0936. The fourth-order valence-corrected chi connectivity index (χ4v) is 2.70. The van der Waals surface area contributed by atoms with Crippen molar-refractivity contribution in [1.29, 1.82) is 0 Å². The Bertz CT molecular complexity index is 965. The van der Waals surface area contributed by atoms with E-state index in [0.717, 1.165) is 17.6 Å². The van der Waals surface area contributed by atoms with Crippen LogP contribution in [-0.4, -0.2) is 33.2 Å². The standard InChI is InChI=1S/C19H19F3N4O2/c1-12(27)10-23-18-25-15-4-2-3-5-16(15)26(18)11-17(28)24-14-8-6-13(7-9-14)19(20,21)22/h2-9,12,27H,10-11H2,1H3,(H,23,25)(H,24,28). The average Bonchev–Trinajstić information content (AvgIpc) is 2.97. The zero-order valence-electron chi connectivity index (χ0n) is 15.0. The van der Waals surface area contributed by atoms with Crippen molar-refractivity contribution in [3.63, 3.8) is 0 Å². The molecule has 1 unspecified atom stereocenters.